The van der Waals surface area contributed by atoms with Crippen LogP contribution in [0, 0.1) is 6.92 Å². The van der Waals surface area contributed by atoms with Gasteiger partial charge in [0.15, 0.2) is 11.8 Å². The van der Waals surface area contributed by atoms with Crippen molar-refractivity contribution in [3.63, 3.8) is 0 Å². The lowest BCUT2D eigenvalue weighted by atomic mass is 10.0. The van der Waals surface area contributed by atoms with E-state index in [0.29, 0.717) is 30.8 Å². The number of aryl methyl sites for hydroxylation is 1. The summed E-state index contributed by atoms with van der Waals surface area (Å²) in [6.07, 6.45) is 0. The molecular weight excluding hydrogens is 479 g/mol. The SMILES string of the molecule is CCN(CC)C(CNC(=NC)NCc1nc(C)no1)c1ccccc1Cl.I. The second-order valence-corrected chi connectivity index (χ2v) is 6.21. The van der Waals surface area contributed by atoms with Gasteiger partial charge in [-0.1, -0.05) is 48.8 Å². The third-order valence-corrected chi connectivity index (χ3v) is 4.52. The second kappa shape index (κ2) is 12.1. The van der Waals surface area contributed by atoms with E-state index < -0.39 is 0 Å². The van der Waals surface area contributed by atoms with Crippen LogP contribution < -0.4 is 10.6 Å². The molecule has 0 aliphatic heterocycles. The van der Waals surface area contributed by atoms with E-state index in [1.54, 1.807) is 14.0 Å². The van der Waals surface area contributed by atoms with Crippen molar-refractivity contribution in [3.05, 3.63) is 46.6 Å². The van der Waals surface area contributed by atoms with Crippen LogP contribution in [0.5, 0.6) is 0 Å². The number of halogens is 2. The highest BCUT2D eigenvalue weighted by atomic mass is 127. The lowest BCUT2D eigenvalue weighted by Crippen LogP contribution is -2.43. The molecule has 2 aromatic rings. The molecule has 2 N–H and O–H groups in total. The van der Waals surface area contributed by atoms with Crippen molar-refractivity contribution < 1.29 is 4.52 Å². The molecule has 0 aliphatic carbocycles. The van der Waals surface area contributed by atoms with E-state index in [1.807, 2.05) is 18.2 Å². The lowest BCUT2D eigenvalue weighted by Gasteiger charge is -2.31. The molecule has 0 saturated carbocycles. The third kappa shape index (κ3) is 6.93. The molecule has 1 aromatic carbocycles. The summed E-state index contributed by atoms with van der Waals surface area (Å²) in [7, 11) is 1.73. The highest BCUT2D eigenvalue weighted by Gasteiger charge is 2.20. The monoisotopic (exact) mass is 506 g/mol. The number of nitrogens with zero attached hydrogens (tertiary/aromatic N) is 4. The minimum atomic E-state index is 0. The summed E-state index contributed by atoms with van der Waals surface area (Å²) in [5.74, 6) is 1.81. The van der Waals surface area contributed by atoms with Gasteiger partial charge in [0.25, 0.3) is 0 Å². The van der Waals surface area contributed by atoms with Gasteiger partial charge in [0.05, 0.1) is 12.6 Å². The Morgan fingerprint density at radius 1 is 1.26 bits per heavy atom. The van der Waals surface area contributed by atoms with Crippen LogP contribution in [0.2, 0.25) is 5.02 Å². The Bertz CT molecular complexity index is 719. The molecule has 0 bridgehead atoms. The summed E-state index contributed by atoms with van der Waals surface area (Å²) in [4.78, 5) is 10.8. The van der Waals surface area contributed by atoms with Crippen LogP contribution in [0.15, 0.2) is 33.8 Å². The van der Waals surface area contributed by atoms with Crippen LogP contribution in [-0.2, 0) is 6.54 Å². The topological polar surface area (TPSA) is 78.6 Å². The first-order chi connectivity index (χ1) is 12.6. The fraction of sp³-hybridized carbons (Fsp3) is 0.500. The number of nitrogens with one attached hydrogen (secondary N) is 2. The molecule has 0 saturated heterocycles. The van der Waals surface area contributed by atoms with Crippen molar-refractivity contribution >= 4 is 41.5 Å². The molecule has 0 spiro atoms. The summed E-state index contributed by atoms with van der Waals surface area (Å²) in [6, 6.07) is 8.11. The van der Waals surface area contributed by atoms with E-state index in [4.69, 9.17) is 16.1 Å². The maximum Gasteiger partial charge on any atom is 0.246 e. The van der Waals surface area contributed by atoms with Crippen LogP contribution in [0.1, 0.15) is 37.2 Å². The Morgan fingerprint density at radius 2 is 1.96 bits per heavy atom. The second-order valence-electron chi connectivity index (χ2n) is 5.80. The largest absolute Gasteiger partial charge is 0.354 e. The molecular formula is C18H28ClIN6O. The van der Waals surface area contributed by atoms with E-state index in [1.165, 1.54) is 0 Å². The first kappa shape index (κ1) is 23.6. The van der Waals surface area contributed by atoms with E-state index in [0.717, 1.165) is 23.7 Å². The van der Waals surface area contributed by atoms with Crippen molar-refractivity contribution in [1.82, 2.24) is 25.7 Å². The first-order valence-corrected chi connectivity index (χ1v) is 9.19. The molecule has 1 heterocycles. The van der Waals surface area contributed by atoms with Crippen LogP contribution >= 0.6 is 35.6 Å². The molecule has 0 aliphatic rings. The lowest BCUT2D eigenvalue weighted by molar-refractivity contribution is 0.219. The summed E-state index contributed by atoms with van der Waals surface area (Å²) in [6.45, 7) is 9.05. The maximum atomic E-state index is 6.44. The molecule has 0 fully saturated rings. The molecule has 1 unspecified atom stereocenters. The van der Waals surface area contributed by atoms with Crippen molar-refractivity contribution in [1.29, 1.82) is 0 Å². The molecule has 7 nitrogen and oxygen atoms in total. The Balaban J connectivity index is 0.00000364. The minimum absolute atomic E-state index is 0. The van der Waals surface area contributed by atoms with Gasteiger partial charge < -0.3 is 15.2 Å². The summed E-state index contributed by atoms with van der Waals surface area (Å²) in [5, 5.41) is 11.1. The van der Waals surface area contributed by atoms with Gasteiger partial charge in [-0.15, -0.1) is 24.0 Å². The molecule has 1 aromatic heterocycles. The Labute approximate surface area is 183 Å². The van der Waals surface area contributed by atoms with Crippen LogP contribution in [-0.4, -0.2) is 47.7 Å². The zero-order valence-corrected chi connectivity index (χ0v) is 19.3. The fourth-order valence-electron chi connectivity index (χ4n) is 2.83. The van der Waals surface area contributed by atoms with Crippen LogP contribution in [0.4, 0.5) is 0 Å². The van der Waals surface area contributed by atoms with Gasteiger partial charge in [0.1, 0.15) is 0 Å². The first-order valence-electron chi connectivity index (χ1n) is 8.81. The predicted octanol–water partition coefficient (Wildman–Crippen LogP) is 3.40. The van der Waals surface area contributed by atoms with Gasteiger partial charge in [-0.05, 0) is 31.6 Å². The van der Waals surface area contributed by atoms with E-state index in [-0.39, 0.29) is 30.0 Å². The third-order valence-electron chi connectivity index (χ3n) is 4.18. The number of aromatic nitrogens is 2. The van der Waals surface area contributed by atoms with E-state index in [2.05, 4.69) is 50.6 Å². The smallest absolute Gasteiger partial charge is 0.246 e. The number of hydrogen-bond acceptors (Lipinski definition) is 5. The summed E-state index contributed by atoms with van der Waals surface area (Å²) >= 11 is 6.44. The molecule has 1 atom stereocenters. The number of benzene rings is 1. The van der Waals surface area contributed by atoms with Crippen LogP contribution in [0.3, 0.4) is 0 Å². The van der Waals surface area contributed by atoms with Gasteiger partial charge in [-0.2, -0.15) is 4.98 Å². The Morgan fingerprint density at radius 3 is 2.52 bits per heavy atom. The van der Waals surface area contributed by atoms with Gasteiger partial charge >= 0.3 is 0 Å². The van der Waals surface area contributed by atoms with Crippen molar-refractivity contribution in [3.8, 4) is 0 Å². The molecule has 9 heteroatoms. The average molecular weight is 507 g/mol. The van der Waals surface area contributed by atoms with Gasteiger partial charge in [0.2, 0.25) is 5.89 Å². The number of likely N-dealkylation sites (N-methyl/N-ethyl adjacent to an activating group) is 1. The number of guanidine groups is 1. The maximum absolute atomic E-state index is 6.44. The van der Waals surface area contributed by atoms with Gasteiger partial charge in [-0.25, -0.2) is 0 Å². The van der Waals surface area contributed by atoms with Crippen molar-refractivity contribution in [2.75, 3.05) is 26.7 Å². The van der Waals surface area contributed by atoms with Crippen molar-refractivity contribution in [2.24, 2.45) is 4.99 Å². The summed E-state index contributed by atoms with van der Waals surface area (Å²) < 4.78 is 5.11. The molecule has 27 heavy (non-hydrogen) atoms. The van der Waals surface area contributed by atoms with E-state index >= 15 is 0 Å². The normalized spacial score (nSPS) is 12.6. The molecule has 2 rings (SSSR count). The standard InChI is InChI=1S/C18H27ClN6O.HI/c1-5-25(6-2)16(14-9-7-8-10-15(14)19)11-21-18(20-4)22-12-17-23-13(3)24-26-17;/h7-10,16H,5-6,11-12H2,1-4H3,(H2,20,21,22);1H. The number of rotatable bonds is 8. The predicted molar refractivity (Wildman–Crippen MR) is 120 cm³/mol. The minimum Gasteiger partial charge on any atom is -0.354 e. The van der Waals surface area contributed by atoms with Crippen LogP contribution in [0.25, 0.3) is 0 Å². The Kier molecular flexibility index (Phi) is 10.6. The van der Waals surface area contributed by atoms with Gasteiger partial charge in [0, 0.05) is 18.6 Å². The zero-order valence-electron chi connectivity index (χ0n) is 16.2. The average Bonchev–Trinajstić information content (AvgIpc) is 3.07. The highest BCUT2D eigenvalue weighted by molar-refractivity contribution is 14.0. The number of hydrogen-bond donors (Lipinski definition) is 2. The quantitative estimate of drug-likeness (QED) is 0.325. The molecule has 0 radical (unpaired) electrons. The molecule has 150 valence electrons. The zero-order chi connectivity index (χ0) is 18.9. The van der Waals surface area contributed by atoms with E-state index in [9.17, 15) is 0 Å². The Hall–Kier alpha value is -1.39. The van der Waals surface area contributed by atoms with Crippen molar-refractivity contribution in [2.45, 2.75) is 33.4 Å². The fourth-order valence-corrected chi connectivity index (χ4v) is 3.09. The number of aliphatic imine (C=N–C) groups is 1. The molecule has 0 amide bonds. The summed E-state index contributed by atoms with van der Waals surface area (Å²) in [5.41, 5.74) is 1.10. The highest BCUT2D eigenvalue weighted by Crippen LogP contribution is 2.26. The van der Waals surface area contributed by atoms with Gasteiger partial charge in [-0.3, -0.25) is 9.89 Å².